The molecule has 5 nitrogen and oxygen atoms in total. The van der Waals surface area contributed by atoms with Gasteiger partial charge in [0.15, 0.2) is 6.10 Å². The Labute approximate surface area is 125 Å². The van der Waals surface area contributed by atoms with E-state index >= 15 is 0 Å². The van der Waals surface area contributed by atoms with Gasteiger partial charge in [-0.3, -0.25) is 4.79 Å². The highest BCUT2D eigenvalue weighted by Crippen LogP contribution is 2.47. The first-order valence-corrected chi connectivity index (χ1v) is 8.12. The topological polar surface area (TPSA) is 66.8 Å². The number of amides is 1. The molecule has 2 heterocycles. The van der Waals surface area contributed by atoms with Crippen LogP contribution in [0.3, 0.4) is 0 Å². The van der Waals surface area contributed by atoms with Crippen molar-refractivity contribution in [3.63, 3.8) is 0 Å². The summed E-state index contributed by atoms with van der Waals surface area (Å²) in [5.41, 5.74) is 0. The maximum Gasteiger partial charge on any atom is 0.332 e. The first kappa shape index (κ1) is 14.8. The van der Waals surface area contributed by atoms with Crippen LogP contribution in [-0.4, -0.2) is 46.7 Å². The number of carboxylic acids is 1. The minimum Gasteiger partial charge on any atom is -0.479 e. The lowest BCUT2D eigenvalue weighted by atomic mass is 9.68. The number of hydrogen-bond donors (Lipinski definition) is 1. The smallest absolute Gasteiger partial charge is 0.332 e. The lowest BCUT2D eigenvalue weighted by Gasteiger charge is -2.39. The molecule has 0 aromatic carbocycles. The van der Waals surface area contributed by atoms with Crippen molar-refractivity contribution in [2.24, 2.45) is 17.8 Å². The average Bonchev–Trinajstić information content (AvgIpc) is 2.61. The molecule has 1 amide bonds. The number of rotatable bonds is 4. The van der Waals surface area contributed by atoms with Gasteiger partial charge in [-0.05, 0) is 63.7 Å². The molecule has 2 aliphatic carbocycles. The number of fused-ring (bicyclic) bond motifs is 1. The van der Waals surface area contributed by atoms with Crippen molar-refractivity contribution in [1.29, 1.82) is 0 Å². The van der Waals surface area contributed by atoms with Gasteiger partial charge in [-0.1, -0.05) is 0 Å². The molecular formula is C16H25NO4. The van der Waals surface area contributed by atoms with Crippen LogP contribution in [0.15, 0.2) is 0 Å². The Hall–Kier alpha value is -1.10. The van der Waals surface area contributed by atoms with Gasteiger partial charge in [0, 0.05) is 12.6 Å². The molecule has 4 fully saturated rings. The van der Waals surface area contributed by atoms with Crippen molar-refractivity contribution in [2.45, 2.75) is 64.2 Å². The van der Waals surface area contributed by atoms with E-state index in [1.807, 2.05) is 4.90 Å². The number of hydrogen-bond acceptors (Lipinski definition) is 3. The lowest BCUT2D eigenvalue weighted by Crippen LogP contribution is -2.47. The molecule has 0 spiro atoms. The maximum atomic E-state index is 12.7. The van der Waals surface area contributed by atoms with Gasteiger partial charge in [0.05, 0.1) is 0 Å². The van der Waals surface area contributed by atoms with Gasteiger partial charge >= 0.3 is 5.97 Å². The van der Waals surface area contributed by atoms with Crippen LogP contribution < -0.4 is 0 Å². The Bertz CT molecular complexity index is 424. The zero-order valence-electron chi connectivity index (χ0n) is 12.8. The second-order valence-electron chi connectivity index (χ2n) is 7.18. The monoisotopic (exact) mass is 295 g/mol. The van der Waals surface area contributed by atoms with Crippen LogP contribution in [-0.2, 0) is 14.3 Å². The summed E-state index contributed by atoms with van der Waals surface area (Å²) in [5.74, 6) is 1.17. The van der Waals surface area contributed by atoms with Crippen LogP contribution in [0.25, 0.3) is 0 Å². The molecule has 2 saturated carbocycles. The van der Waals surface area contributed by atoms with E-state index in [1.54, 1.807) is 6.92 Å². The molecule has 0 radical (unpaired) electrons. The molecule has 2 aliphatic heterocycles. The summed E-state index contributed by atoms with van der Waals surface area (Å²) in [7, 11) is 0. The number of carboxylic acid groups (broad SMARTS) is 1. The molecule has 4 rings (SSSR count). The van der Waals surface area contributed by atoms with E-state index in [4.69, 9.17) is 9.84 Å². The number of carbonyl (C=O) groups is 2. The van der Waals surface area contributed by atoms with Gasteiger partial charge in [-0.15, -0.1) is 0 Å². The predicted octanol–water partition coefficient (Wildman–Crippen LogP) is 1.90. The second-order valence-corrected chi connectivity index (χ2v) is 7.18. The van der Waals surface area contributed by atoms with Crippen molar-refractivity contribution >= 4 is 11.9 Å². The van der Waals surface area contributed by atoms with E-state index in [0.717, 1.165) is 31.2 Å². The average molecular weight is 295 g/mol. The second kappa shape index (κ2) is 5.59. The van der Waals surface area contributed by atoms with Crippen molar-refractivity contribution in [3.8, 4) is 0 Å². The van der Waals surface area contributed by atoms with Crippen LogP contribution >= 0.6 is 0 Å². The highest BCUT2D eigenvalue weighted by Gasteiger charge is 2.44. The van der Waals surface area contributed by atoms with Crippen LogP contribution in [0.2, 0.25) is 0 Å². The van der Waals surface area contributed by atoms with Gasteiger partial charge in [-0.25, -0.2) is 4.79 Å². The molecule has 1 N–H and O–H groups in total. The predicted molar refractivity (Wildman–Crippen MR) is 76.7 cm³/mol. The van der Waals surface area contributed by atoms with E-state index in [-0.39, 0.29) is 5.91 Å². The van der Waals surface area contributed by atoms with Crippen LogP contribution in [0.5, 0.6) is 0 Å². The Morgan fingerprint density at radius 3 is 2.14 bits per heavy atom. The summed E-state index contributed by atoms with van der Waals surface area (Å²) >= 11 is 0. The fourth-order valence-corrected chi connectivity index (χ4v) is 4.71. The number of nitrogens with zero attached hydrogens (tertiary/aromatic N) is 1. The molecule has 2 saturated heterocycles. The minimum absolute atomic E-state index is 0.0266. The number of ether oxygens (including phenoxy) is 1. The quantitative estimate of drug-likeness (QED) is 0.860. The van der Waals surface area contributed by atoms with Crippen molar-refractivity contribution in [1.82, 2.24) is 4.90 Å². The van der Waals surface area contributed by atoms with Crippen LogP contribution in [0.4, 0.5) is 0 Å². The fourth-order valence-electron chi connectivity index (χ4n) is 4.71. The Morgan fingerprint density at radius 1 is 1.00 bits per heavy atom. The summed E-state index contributed by atoms with van der Waals surface area (Å²) < 4.78 is 5.36. The van der Waals surface area contributed by atoms with Gasteiger partial charge in [0.2, 0.25) is 0 Å². The third kappa shape index (κ3) is 2.93. The zero-order valence-corrected chi connectivity index (χ0v) is 12.8. The molecule has 4 unspecified atom stereocenters. The first-order valence-electron chi connectivity index (χ1n) is 8.12. The molecule has 118 valence electrons. The minimum atomic E-state index is -1.02. The van der Waals surface area contributed by atoms with Crippen molar-refractivity contribution in [3.05, 3.63) is 0 Å². The molecule has 21 heavy (non-hydrogen) atoms. The van der Waals surface area contributed by atoms with Gasteiger partial charge < -0.3 is 14.7 Å². The van der Waals surface area contributed by atoms with E-state index < -0.39 is 18.2 Å². The van der Waals surface area contributed by atoms with Crippen LogP contribution in [0, 0.1) is 17.8 Å². The third-order valence-electron chi connectivity index (χ3n) is 5.49. The van der Waals surface area contributed by atoms with Gasteiger partial charge in [0.1, 0.15) is 6.10 Å². The summed E-state index contributed by atoms with van der Waals surface area (Å²) in [6, 6.07) is 0.347. The summed E-state index contributed by atoms with van der Waals surface area (Å²) in [4.78, 5) is 25.6. The molecule has 4 bridgehead atoms. The fraction of sp³-hybridized carbons (Fsp3) is 0.875. The SMILES string of the molecule is CC(OC(C)C(=O)N1CC2CC3CC(C2)CC1C3)C(=O)O. The highest BCUT2D eigenvalue weighted by atomic mass is 16.5. The van der Waals surface area contributed by atoms with E-state index in [0.29, 0.717) is 12.0 Å². The molecule has 4 atom stereocenters. The first-order chi connectivity index (χ1) is 9.94. The molecule has 0 aromatic heterocycles. The van der Waals surface area contributed by atoms with Gasteiger partial charge in [0.25, 0.3) is 5.91 Å². The summed E-state index contributed by atoms with van der Waals surface area (Å²) in [6.07, 6.45) is 4.50. The molecular weight excluding hydrogens is 270 g/mol. The lowest BCUT2D eigenvalue weighted by molar-refractivity contribution is -0.160. The molecule has 0 aromatic rings. The number of carbonyl (C=O) groups excluding carboxylic acids is 1. The van der Waals surface area contributed by atoms with E-state index in [9.17, 15) is 9.59 Å². The largest absolute Gasteiger partial charge is 0.479 e. The Kier molecular flexibility index (Phi) is 3.95. The van der Waals surface area contributed by atoms with Crippen molar-refractivity contribution < 1.29 is 19.4 Å². The maximum absolute atomic E-state index is 12.7. The zero-order chi connectivity index (χ0) is 15.1. The Morgan fingerprint density at radius 2 is 1.57 bits per heavy atom. The Balaban J connectivity index is 1.68. The van der Waals surface area contributed by atoms with Crippen LogP contribution in [0.1, 0.15) is 46.0 Å². The van der Waals surface area contributed by atoms with E-state index in [1.165, 1.54) is 26.2 Å². The molecule has 4 aliphatic rings. The van der Waals surface area contributed by atoms with E-state index in [2.05, 4.69) is 0 Å². The third-order valence-corrected chi connectivity index (χ3v) is 5.49. The highest BCUT2D eigenvalue weighted by molar-refractivity contribution is 5.81. The summed E-state index contributed by atoms with van der Waals surface area (Å²) in [5, 5.41) is 8.91. The van der Waals surface area contributed by atoms with Crippen molar-refractivity contribution in [2.75, 3.05) is 6.54 Å². The van der Waals surface area contributed by atoms with Gasteiger partial charge in [-0.2, -0.15) is 0 Å². The molecule has 5 heteroatoms. The summed E-state index contributed by atoms with van der Waals surface area (Å²) in [6.45, 7) is 3.99. The standard InChI is InChI=1S/C16H25NO4/c1-9(21-10(2)16(19)20)15(18)17-8-13-4-11-3-12(5-13)7-14(17)6-11/h9-14H,3-8H2,1-2H3,(H,19,20). The normalized spacial score (nSPS) is 37.1. The number of aliphatic carboxylic acids is 1.